The molecule has 1 saturated carbocycles. The summed E-state index contributed by atoms with van der Waals surface area (Å²) >= 11 is 0. The lowest BCUT2D eigenvalue weighted by Gasteiger charge is -2.48. The average molecular weight is 786 g/mol. The normalized spacial score (nSPS) is 16.2. The monoisotopic (exact) mass is 785 g/mol. The van der Waals surface area contributed by atoms with Crippen LogP contribution in [-0.2, 0) is 33.3 Å². The molecule has 0 radical (unpaired) electrons. The van der Waals surface area contributed by atoms with Gasteiger partial charge in [-0.25, -0.2) is 19.4 Å². The second kappa shape index (κ2) is 16.2. The molecule has 11 nitrogen and oxygen atoms in total. The summed E-state index contributed by atoms with van der Waals surface area (Å²) in [5.41, 5.74) is -7.10. The van der Waals surface area contributed by atoms with Crippen molar-refractivity contribution in [3.05, 3.63) is 82.5 Å². The fraction of sp³-hybridized carbons (Fsp3) is 0.417. The Morgan fingerprint density at radius 1 is 0.927 bits per heavy atom. The number of hydrogen-bond donors (Lipinski definition) is 3. The van der Waals surface area contributed by atoms with Gasteiger partial charge in [0, 0.05) is 24.6 Å². The number of carbonyl (C=O) groups is 3. The van der Waals surface area contributed by atoms with Gasteiger partial charge in [0.15, 0.2) is 11.6 Å². The highest BCUT2D eigenvalue weighted by atomic mass is 19.4. The van der Waals surface area contributed by atoms with E-state index in [1.807, 2.05) is 0 Å². The number of aliphatic hydroxyl groups is 1. The van der Waals surface area contributed by atoms with E-state index in [1.54, 1.807) is 0 Å². The van der Waals surface area contributed by atoms with Crippen LogP contribution >= 0.6 is 0 Å². The van der Waals surface area contributed by atoms with Crippen molar-refractivity contribution < 1.29 is 64.5 Å². The maximum absolute atomic E-state index is 15.5. The van der Waals surface area contributed by atoms with Gasteiger partial charge in [0.25, 0.3) is 11.8 Å². The van der Waals surface area contributed by atoms with Crippen LogP contribution in [0.15, 0.2) is 54.1 Å². The lowest BCUT2D eigenvalue weighted by molar-refractivity contribution is -0.163. The first kappa shape index (κ1) is 40.8. The third-order valence-corrected chi connectivity index (χ3v) is 9.58. The Morgan fingerprint density at radius 3 is 2.27 bits per heavy atom. The van der Waals surface area contributed by atoms with Crippen LogP contribution in [-0.4, -0.2) is 67.2 Å². The number of ether oxygens (including phenoxy) is 1. The molecule has 2 aromatic carbocycles. The molecule has 296 valence electrons. The van der Waals surface area contributed by atoms with E-state index < -0.39 is 99.1 Å². The molecule has 5 rings (SSSR count). The van der Waals surface area contributed by atoms with Gasteiger partial charge in [-0.2, -0.15) is 30.7 Å². The van der Waals surface area contributed by atoms with E-state index in [1.165, 1.54) is 18.1 Å². The molecule has 1 aliphatic carbocycles. The quantitative estimate of drug-likeness (QED) is 0.0897. The number of hydrogen-bond acceptors (Lipinski definition) is 8. The number of unbranched alkanes of at least 4 members (excludes halogenated alkanes) is 3. The van der Waals surface area contributed by atoms with E-state index in [2.05, 4.69) is 15.3 Å². The van der Waals surface area contributed by atoms with E-state index in [4.69, 9.17) is 9.84 Å². The number of carboxylic acid groups (broad SMARTS) is 1. The number of carboxylic acids is 1. The maximum atomic E-state index is 15.5. The number of benzene rings is 2. The number of likely N-dealkylation sites (N-methyl/N-ethyl adjacent to an activating group) is 1. The number of aromatic nitrogens is 2. The fourth-order valence-corrected chi connectivity index (χ4v) is 6.65. The largest absolute Gasteiger partial charge is 0.509 e. The van der Waals surface area contributed by atoms with Crippen LogP contribution in [0.25, 0.3) is 11.3 Å². The van der Waals surface area contributed by atoms with E-state index >= 15 is 8.78 Å². The highest BCUT2D eigenvalue weighted by Crippen LogP contribution is 2.45. The van der Waals surface area contributed by atoms with Crippen molar-refractivity contribution in [1.29, 1.82) is 0 Å². The third kappa shape index (κ3) is 8.81. The number of rotatable bonds is 13. The highest BCUT2D eigenvalue weighted by molar-refractivity contribution is 6.24. The number of nitrogens with one attached hydrogen (secondary N) is 1. The van der Waals surface area contributed by atoms with E-state index in [0.29, 0.717) is 63.1 Å². The predicted octanol–water partition coefficient (Wildman–Crippen LogP) is 7.83. The SMILES string of the molecule is CN1N(Cc2ccc(OCCCCCCC(=O)O)c(F)c2F)C(=O)C(C(=O)Nc2ccc(C(F)(F)F)cc2-c2cc(C(F)(F)F)ncn2)=C(O)C12CCCC2. The lowest BCUT2D eigenvalue weighted by Crippen LogP contribution is -2.62. The number of nitrogens with zero attached hydrogens (tertiary/aromatic N) is 4. The first-order valence-corrected chi connectivity index (χ1v) is 17.1. The van der Waals surface area contributed by atoms with E-state index in [9.17, 15) is 45.8 Å². The summed E-state index contributed by atoms with van der Waals surface area (Å²) in [6.07, 6.45) is -5.89. The Hall–Kier alpha value is -5.33. The molecule has 2 aliphatic rings. The molecule has 0 bridgehead atoms. The van der Waals surface area contributed by atoms with Crippen molar-refractivity contribution in [2.75, 3.05) is 19.0 Å². The van der Waals surface area contributed by atoms with E-state index in [-0.39, 0.29) is 31.4 Å². The summed E-state index contributed by atoms with van der Waals surface area (Å²) in [4.78, 5) is 45.3. The number of alkyl halides is 6. The topological polar surface area (TPSA) is 145 Å². The molecule has 55 heavy (non-hydrogen) atoms. The van der Waals surface area contributed by atoms with Crippen LogP contribution in [0.1, 0.15) is 74.6 Å². The first-order valence-electron chi connectivity index (χ1n) is 17.1. The minimum atomic E-state index is -5.00. The summed E-state index contributed by atoms with van der Waals surface area (Å²) in [7, 11) is 1.41. The number of carbonyl (C=O) groups excluding carboxylic acids is 2. The summed E-state index contributed by atoms with van der Waals surface area (Å²) in [5, 5.41) is 24.7. The zero-order chi connectivity index (χ0) is 40.3. The second-order valence-corrected chi connectivity index (χ2v) is 13.1. The van der Waals surface area contributed by atoms with Crippen LogP contribution in [0, 0.1) is 11.6 Å². The van der Waals surface area contributed by atoms with Crippen molar-refractivity contribution >= 4 is 23.5 Å². The first-order chi connectivity index (χ1) is 25.8. The average Bonchev–Trinajstić information content (AvgIpc) is 3.62. The van der Waals surface area contributed by atoms with Crippen LogP contribution in [0.2, 0.25) is 0 Å². The van der Waals surface area contributed by atoms with Gasteiger partial charge >= 0.3 is 18.3 Å². The number of amides is 2. The minimum Gasteiger partial charge on any atom is -0.509 e. The van der Waals surface area contributed by atoms with Crippen molar-refractivity contribution in [1.82, 2.24) is 20.0 Å². The molecule has 3 aromatic rings. The molecular formula is C36H35F8N5O6. The highest BCUT2D eigenvalue weighted by Gasteiger charge is 2.53. The molecule has 0 saturated heterocycles. The lowest BCUT2D eigenvalue weighted by atomic mass is 9.88. The zero-order valence-corrected chi connectivity index (χ0v) is 29.2. The van der Waals surface area contributed by atoms with Gasteiger partial charge in [0.2, 0.25) is 5.82 Å². The van der Waals surface area contributed by atoms with E-state index in [0.717, 1.165) is 17.1 Å². The molecule has 0 unspecified atom stereocenters. The Kier molecular flexibility index (Phi) is 12.0. The molecule has 3 N–H and O–H groups in total. The summed E-state index contributed by atoms with van der Waals surface area (Å²) in [5.74, 6) is -7.24. The van der Waals surface area contributed by atoms with Crippen molar-refractivity contribution in [2.24, 2.45) is 0 Å². The van der Waals surface area contributed by atoms with Gasteiger partial charge in [0.1, 0.15) is 23.4 Å². The van der Waals surface area contributed by atoms with Gasteiger partial charge in [0.05, 0.1) is 35.6 Å². The number of anilines is 1. The van der Waals surface area contributed by atoms with Gasteiger partial charge in [-0.3, -0.25) is 19.4 Å². The second-order valence-electron chi connectivity index (χ2n) is 13.1. The zero-order valence-electron chi connectivity index (χ0n) is 29.2. The smallest absolute Gasteiger partial charge is 0.433 e. The molecule has 19 heteroatoms. The van der Waals surface area contributed by atoms with Crippen LogP contribution in [0.4, 0.5) is 40.8 Å². The maximum Gasteiger partial charge on any atom is 0.433 e. The summed E-state index contributed by atoms with van der Waals surface area (Å²) < 4.78 is 117. The minimum absolute atomic E-state index is 0.0127. The Morgan fingerprint density at radius 2 is 1.62 bits per heavy atom. The fourth-order valence-electron chi connectivity index (χ4n) is 6.65. The van der Waals surface area contributed by atoms with Crippen LogP contribution < -0.4 is 10.1 Å². The number of aliphatic carboxylic acids is 1. The molecule has 1 fully saturated rings. The van der Waals surface area contributed by atoms with Crippen molar-refractivity contribution in [2.45, 2.75) is 82.2 Å². The van der Waals surface area contributed by atoms with Crippen LogP contribution in [0.3, 0.4) is 0 Å². The molecule has 2 heterocycles. The van der Waals surface area contributed by atoms with Crippen LogP contribution in [0.5, 0.6) is 5.75 Å². The molecule has 0 atom stereocenters. The standard InChI is InChI=1S/C36H35F8N5O6/c1-48-34(13-5-6-14-34)31(52)28(33(54)49(48)18-20-9-12-25(30(38)29(20)37)55-15-7-3-2-4-8-27(50)51)32(53)47-23-11-10-21(35(39,40)41)16-22(23)24-17-26(36(42,43)44)46-19-45-24/h9-12,16-17,19,52H,2-8,13-15,18H2,1H3,(H,47,53)(H,50,51). The van der Waals surface area contributed by atoms with Gasteiger partial charge in [-0.1, -0.05) is 31.7 Å². The predicted molar refractivity (Wildman–Crippen MR) is 178 cm³/mol. The Labute approximate surface area is 308 Å². The Bertz CT molecular complexity index is 1980. The molecule has 1 aliphatic heterocycles. The Balaban J connectivity index is 1.43. The molecule has 2 amide bonds. The van der Waals surface area contributed by atoms with Crippen molar-refractivity contribution in [3.63, 3.8) is 0 Å². The number of halogens is 8. The van der Waals surface area contributed by atoms with Gasteiger partial charge in [-0.15, -0.1) is 0 Å². The number of hydrazine groups is 1. The summed E-state index contributed by atoms with van der Waals surface area (Å²) in [6, 6.07) is 4.48. The third-order valence-electron chi connectivity index (χ3n) is 9.58. The molecular weight excluding hydrogens is 750 g/mol. The van der Waals surface area contributed by atoms with Crippen molar-refractivity contribution in [3.8, 4) is 17.0 Å². The molecule has 1 spiro atoms. The van der Waals surface area contributed by atoms with Gasteiger partial charge < -0.3 is 20.3 Å². The number of aliphatic hydroxyl groups excluding tert-OH is 1. The van der Waals surface area contributed by atoms with Gasteiger partial charge in [-0.05, 0) is 56.0 Å². The molecule has 1 aromatic heterocycles. The summed E-state index contributed by atoms with van der Waals surface area (Å²) in [6.45, 7) is -0.622.